The molecule has 1 heterocycles. The van der Waals surface area contributed by atoms with Crippen LogP contribution in [0.3, 0.4) is 0 Å². The second-order valence-corrected chi connectivity index (χ2v) is 6.60. The molecule has 6 nitrogen and oxygen atoms in total. The third-order valence-corrected chi connectivity index (χ3v) is 4.61. The zero-order chi connectivity index (χ0) is 20.2. The van der Waals surface area contributed by atoms with Gasteiger partial charge in [-0.15, -0.1) is 0 Å². The van der Waals surface area contributed by atoms with Gasteiger partial charge in [-0.25, -0.2) is 5.43 Å². The fourth-order valence-electron chi connectivity index (χ4n) is 3.19. The molecule has 6 heteroatoms. The number of carbonyl (C=O) groups excluding carboxylic acids is 1. The predicted octanol–water partition coefficient (Wildman–Crippen LogP) is 3.86. The molecule has 0 saturated heterocycles. The smallest absolute Gasteiger partial charge is 0.288 e. The minimum atomic E-state index is -0.355. The fourth-order valence-corrected chi connectivity index (χ4v) is 3.19. The number of fused-ring (bicyclic) bond motifs is 1. The number of nitrogens with one attached hydrogen (secondary N) is 1. The first-order valence-electron chi connectivity index (χ1n) is 9.09. The van der Waals surface area contributed by atoms with Crippen LogP contribution < -0.4 is 5.43 Å². The molecule has 4 rings (SSSR count). The minimum Gasteiger partial charge on any atom is -0.508 e. The van der Waals surface area contributed by atoms with E-state index in [1.165, 1.54) is 24.4 Å². The Labute approximate surface area is 167 Å². The molecule has 0 bridgehead atoms. The fraction of sp³-hybridized carbons (Fsp3) is 0.0435. The number of hydrogen-bond acceptors (Lipinski definition) is 4. The molecule has 1 amide bonds. The Kier molecular flexibility index (Phi) is 4.99. The molecule has 144 valence electrons. The lowest BCUT2D eigenvalue weighted by Crippen LogP contribution is -2.21. The van der Waals surface area contributed by atoms with Crippen LogP contribution in [-0.4, -0.2) is 26.9 Å². The van der Waals surface area contributed by atoms with E-state index in [2.05, 4.69) is 10.5 Å². The highest BCUT2D eigenvalue weighted by Gasteiger charge is 2.15. The van der Waals surface area contributed by atoms with Crippen molar-refractivity contribution in [2.45, 2.75) is 6.54 Å². The number of hydrazone groups is 1. The van der Waals surface area contributed by atoms with Crippen LogP contribution in [0.1, 0.15) is 21.6 Å². The summed E-state index contributed by atoms with van der Waals surface area (Å²) in [5, 5.41) is 24.1. The highest BCUT2D eigenvalue weighted by atomic mass is 16.3. The summed E-state index contributed by atoms with van der Waals surface area (Å²) < 4.78 is 1.95. The van der Waals surface area contributed by atoms with Crippen LogP contribution in [0.5, 0.6) is 11.5 Å². The summed E-state index contributed by atoms with van der Waals surface area (Å²) >= 11 is 0. The van der Waals surface area contributed by atoms with Crippen molar-refractivity contribution >= 4 is 23.0 Å². The lowest BCUT2D eigenvalue weighted by atomic mass is 10.2. The molecule has 0 atom stereocenters. The first-order valence-corrected chi connectivity index (χ1v) is 9.09. The topological polar surface area (TPSA) is 86.8 Å². The average Bonchev–Trinajstić information content (AvgIpc) is 3.09. The van der Waals surface area contributed by atoms with Crippen molar-refractivity contribution in [3.63, 3.8) is 0 Å². The number of nitrogens with zero attached hydrogens (tertiary/aromatic N) is 2. The molecule has 3 N–H and O–H groups in total. The number of phenolic OH excluding ortho intramolecular Hbond substituents is 2. The summed E-state index contributed by atoms with van der Waals surface area (Å²) in [6.07, 6.45) is 1.33. The van der Waals surface area contributed by atoms with E-state index in [4.69, 9.17) is 0 Å². The van der Waals surface area contributed by atoms with Gasteiger partial charge in [-0.3, -0.25) is 4.79 Å². The van der Waals surface area contributed by atoms with Crippen LogP contribution >= 0.6 is 0 Å². The van der Waals surface area contributed by atoms with Crippen molar-refractivity contribution in [3.8, 4) is 11.5 Å². The largest absolute Gasteiger partial charge is 0.508 e. The maximum Gasteiger partial charge on any atom is 0.288 e. The van der Waals surface area contributed by atoms with Crippen molar-refractivity contribution in [2.24, 2.45) is 5.10 Å². The van der Waals surface area contributed by atoms with Crippen molar-refractivity contribution in [2.75, 3.05) is 0 Å². The van der Waals surface area contributed by atoms with Crippen molar-refractivity contribution in [3.05, 3.63) is 95.7 Å². The normalized spacial score (nSPS) is 11.2. The van der Waals surface area contributed by atoms with Crippen LogP contribution in [-0.2, 0) is 6.54 Å². The highest BCUT2D eigenvalue weighted by molar-refractivity contribution is 5.99. The summed E-state index contributed by atoms with van der Waals surface area (Å²) in [6.45, 7) is 0.555. The van der Waals surface area contributed by atoms with Crippen LogP contribution in [0.4, 0.5) is 0 Å². The number of carbonyl (C=O) groups is 1. The summed E-state index contributed by atoms with van der Waals surface area (Å²) in [5.74, 6) is -0.526. The first-order chi connectivity index (χ1) is 14.1. The van der Waals surface area contributed by atoms with Crippen molar-refractivity contribution < 1.29 is 15.0 Å². The third-order valence-electron chi connectivity index (χ3n) is 4.61. The number of aromatic nitrogens is 1. The Morgan fingerprint density at radius 1 is 0.966 bits per heavy atom. The number of benzene rings is 3. The second-order valence-electron chi connectivity index (χ2n) is 6.60. The zero-order valence-corrected chi connectivity index (χ0v) is 15.5. The van der Waals surface area contributed by atoms with E-state index < -0.39 is 0 Å². The second kappa shape index (κ2) is 7.90. The minimum absolute atomic E-state index is 0.0471. The molecule has 29 heavy (non-hydrogen) atoms. The van der Waals surface area contributed by atoms with E-state index in [0.29, 0.717) is 17.8 Å². The van der Waals surface area contributed by atoms with Gasteiger partial charge in [0.1, 0.15) is 17.2 Å². The SMILES string of the molecule is O=C(N/N=C\c1ccc(O)cc1O)c1cc2ccccc2n1Cc1ccccc1. The Morgan fingerprint density at radius 3 is 2.52 bits per heavy atom. The Hall–Kier alpha value is -4.06. The van der Waals surface area contributed by atoms with Gasteiger partial charge in [0.05, 0.1) is 6.21 Å². The molecule has 0 fully saturated rings. The molecular weight excluding hydrogens is 366 g/mol. The molecule has 0 radical (unpaired) electrons. The van der Waals surface area contributed by atoms with E-state index >= 15 is 0 Å². The molecule has 0 aliphatic rings. The van der Waals surface area contributed by atoms with E-state index in [-0.39, 0.29) is 17.4 Å². The van der Waals surface area contributed by atoms with E-state index in [0.717, 1.165) is 16.5 Å². The van der Waals surface area contributed by atoms with E-state index in [9.17, 15) is 15.0 Å². The Balaban J connectivity index is 1.61. The summed E-state index contributed by atoms with van der Waals surface area (Å²) in [4.78, 5) is 12.8. The molecule has 3 aromatic carbocycles. The lowest BCUT2D eigenvalue weighted by Gasteiger charge is -2.10. The van der Waals surface area contributed by atoms with Gasteiger partial charge >= 0.3 is 0 Å². The summed E-state index contributed by atoms with van der Waals surface area (Å²) in [7, 11) is 0. The first kappa shape index (κ1) is 18.3. The summed E-state index contributed by atoms with van der Waals surface area (Å²) in [6, 6.07) is 23.7. The molecule has 1 aromatic heterocycles. The van der Waals surface area contributed by atoms with Gasteiger partial charge in [-0.1, -0.05) is 48.5 Å². The van der Waals surface area contributed by atoms with Crippen LogP contribution in [0.15, 0.2) is 84.0 Å². The van der Waals surface area contributed by atoms with Gasteiger partial charge in [-0.05, 0) is 29.8 Å². The number of phenols is 2. The molecule has 4 aromatic rings. The number of rotatable bonds is 5. The lowest BCUT2D eigenvalue weighted by molar-refractivity contribution is 0.0946. The van der Waals surface area contributed by atoms with Gasteiger partial charge < -0.3 is 14.8 Å². The van der Waals surface area contributed by atoms with Gasteiger partial charge in [0, 0.05) is 29.1 Å². The maximum atomic E-state index is 12.8. The highest BCUT2D eigenvalue weighted by Crippen LogP contribution is 2.22. The monoisotopic (exact) mass is 385 g/mol. The van der Waals surface area contributed by atoms with E-state index in [1.807, 2.05) is 65.2 Å². The van der Waals surface area contributed by atoms with Crippen LogP contribution in [0.2, 0.25) is 0 Å². The number of aromatic hydroxyl groups is 2. The quantitative estimate of drug-likeness (QED) is 0.360. The third kappa shape index (κ3) is 3.96. The van der Waals surface area contributed by atoms with Gasteiger partial charge in [0.25, 0.3) is 5.91 Å². The molecule has 0 aliphatic carbocycles. The number of amides is 1. The zero-order valence-electron chi connectivity index (χ0n) is 15.5. The van der Waals surface area contributed by atoms with Crippen molar-refractivity contribution in [1.29, 1.82) is 0 Å². The molecule has 0 spiro atoms. The number of para-hydroxylation sites is 1. The molecule has 0 unspecified atom stereocenters. The van der Waals surface area contributed by atoms with E-state index in [1.54, 1.807) is 0 Å². The predicted molar refractivity (Wildman–Crippen MR) is 112 cm³/mol. The van der Waals surface area contributed by atoms with Gasteiger partial charge in [0.2, 0.25) is 0 Å². The standard InChI is InChI=1S/C23H19N3O3/c27-19-11-10-18(22(28)13-19)14-24-25-23(29)21-12-17-8-4-5-9-20(17)26(21)15-16-6-2-1-3-7-16/h1-14,27-28H,15H2,(H,25,29)/b24-14-. The maximum absolute atomic E-state index is 12.8. The number of hydrogen-bond donors (Lipinski definition) is 3. The molecule has 0 aliphatic heterocycles. The molecular formula is C23H19N3O3. The Morgan fingerprint density at radius 2 is 1.72 bits per heavy atom. The van der Waals surface area contributed by atoms with Crippen molar-refractivity contribution in [1.82, 2.24) is 9.99 Å². The average molecular weight is 385 g/mol. The molecule has 0 saturated carbocycles. The van der Waals surface area contributed by atoms with Crippen LogP contribution in [0, 0.1) is 0 Å². The Bertz CT molecular complexity index is 1200. The van der Waals surface area contributed by atoms with Crippen LogP contribution in [0.25, 0.3) is 10.9 Å². The van der Waals surface area contributed by atoms with Gasteiger partial charge in [-0.2, -0.15) is 5.10 Å². The van der Waals surface area contributed by atoms with Gasteiger partial charge in [0.15, 0.2) is 0 Å². The summed E-state index contributed by atoms with van der Waals surface area (Å²) in [5.41, 5.74) is 5.43.